The number of aromatic amines is 1. The fraction of sp³-hybridized carbons (Fsp3) is 0.333. The van der Waals surface area contributed by atoms with E-state index in [2.05, 4.69) is 9.97 Å². The molecule has 0 atom stereocenters. The number of aryl methyl sites for hydroxylation is 1. The number of H-pyrrole nitrogens is 1. The molecule has 0 aliphatic carbocycles. The SMILES string of the molecule is Cc1nc(CN)cc(=O)[nH]1. The summed E-state index contributed by atoms with van der Waals surface area (Å²) >= 11 is 0. The molecule has 0 saturated heterocycles. The molecule has 0 amide bonds. The predicted molar refractivity (Wildman–Crippen MR) is 37.5 cm³/mol. The van der Waals surface area contributed by atoms with Crippen LogP contribution in [-0.2, 0) is 6.54 Å². The molecule has 4 nitrogen and oxygen atoms in total. The minimum Gasteiger partial charge on any atom is -0.325 e. The third-order valence-electron chi connectivity index (χ3n) is 1.12. The number of aromatic nitrogens is 2. The average molecular weight is 139 g/mol. The second-order valence-corrected chi connectivity index (χ2v) is 2.03. The molecule has 0 fully saturated rings. The molecule has 0 aliphatic heterocycles. The van der Waals surface area contributed by atoms with Crippen LogP contribution in [0.5, 0.6) is 0 Å². The summed E-state index contributed by atoms with van der Waals surface area (Å²) in [5, 5.41) is 0. The molecule has 1 rings (SSSR count). The van der Waals surface area contributed by atoms with Gasteiger partial charge in [0.2, 0.25) is 0 Å². The van der Waals surface area contributed by atoms with Gasteiger partial charge in [0.25, 0.3) is 5.56 Å². The van der Waals surface area contributed by atoms with Gasteiger partial charge in [-0.1, -0.05) is 0 Å². The minimum atomic E-state index is -0.145. The van der Waals surface area contributed by atoms with Crippen LogP contribution in [0.1, 0.15) is 11.5 Å². The Morgan fingerprint density at radius 2 is 2.50 bits per heavy atom. The standard InChI is InChI=1S/C6H9N3O/c1-4-8-5(3-7)2-6(10)9-4/h2H,3,7H2,1H3,(H,8,9,10). The predicted octanol–water partition coefficient (Wildman–Crippen LogP) is -0.463. The lowest BCUT2D eigenvalue weighted by atomic mass is 10.4. The Labute approximate surface area is 58.1 Å². The zero-order chi connectivity index (χ0) is 7.56. The molecule has 0 bridgehead atoms. The van der Waals surface area contributed by atoms with Gasteiger partial charge in [-0.3, -0.25) is 4.79 Å². The second kappa shape index (κ2) is 2.62. The van der Waals surface area contributed by atoms with E-state index in [9.17, 15) is 4.79 Å². The highest BCUT2D eigenvalue weighted by Crippen LogP contribution is 1.86. The minimum absolute atomic E-state index is 0.145. The van der Waals surface area contributed by atoms with Crippen LogP contribution in [0.2, 0.25) is 0 Å². The lowest BCUT2D eigenvalue weighted by Gasteiger charge is -1.94. The number of rotatable bonds is 1. The Balaban J connectivity index is 3.19. The molecule has 0 saturated carbocycles. The molecule has 0 spiro atoms. The Bertz CT molecular complexity index is 279. The Morgan fingerprint density at radius 3 is 3.00 bits per heavy atom. The average Bonchev–Trinajstić information content (AvgIpc) is 1.85. The van der Waals surface area contributed by atoms with Gasteiger partial charge < -0.3 is 10.7 Å². The van der Waals surface area contributed by atoms with E-state index >= 15 is 0 Å². The van der Waals surface area contributed by atoms with Crippen molar-refractivity contribution in [2.75, 3.05) is 0 Å². The zero-order valence-electron chi connectivity index (χ0n) is 5.72. The fourth-order valence-electron chi connectivity index (χ4n) is 0.746. The van der Waals surface area contributed by atoms with Gasteiger partial charge in [0.15, 0.2) is 0 Å². The molecular weight excluding hydrogens is 130 g/mol. The van der Waals surface area contributed by atoms with Crippen molar-refractivity contribution in [3.05, 3.63) is 27.9 Å². The topological polar surface area (TPSA) is 71.8 Å². The zero-order valence-corrected chi connectivity index (χ0v) is 5.72. The van der Waals surface area contributed by atoms with Gasteiger partial charge in [-0.25, -0.2) is 4.98 Å². The highest BCUT2D eigenvalue weighted by molar-refractivity contribution is 5.00. The Kier molecular flexibility index (Phi) is 1.82. The van der Waals surface area contributed by atoms with E-state index < -0.39 is 0 Å². The van der Waals surface area contributed by atoms with Gasteiger partial charge in [0, 0.05) is 12.6 Å². The van der Waals surface area contributed by atoms with E-state index in [1.807, 2.05) is 0 Å². The van der Waals surface area contributed by atoms with Crippen molar-refractivity contribution in [1.82, 2.24) is 9.97 Å². The van der Waals surface area contributed by atoms with Gasteiger partial charge in [0.05, 0.1) is 5.69 Å². The number of nitrogens with two attached hydrogens (primary N) is 1. The summed E-state index contributed by atoms with van der Waals surface area (Å²) in [5.41, 5.74) is 5.75. The maximum Gasteiger partial charge on any atom is 0.251 e. The van der Waals surface area contributed by atoms with Crippen molar-refractivity contribution in [3.8, 4) is 0 Å². The maximum absolute atomic E-state index is 10.7. The molecule has 1 aromatic heterocycles. The van der Waals surface area contributed by atoms with Crippen molar-refractivity contribution >= 4 is 0 Å². The number of hydrogen-bond acceptors (Lipinski definition) is 3. The van der Waals surface area contributed by atoms with Crippen molar-refractivity contribution in [1.29, 1.82) is 0 Å². The van der Waals surface area contributed by atoms with Crippen LogP contribution in [0, 0.1) is 6.92 Å². The summed E-state index contributed by atoms with van der Waals surface area (Å²) in [6.07, 6.45) is 0. The van der Waals surface area contributed by atoms with Gasteiger partial charge in [-0.15, -0.1) is 0 Å². The molecule has 1 aromatic rings. The molecule has 0 aromatic carbocycles. The summed E-state index contributed by atoms with van der Waals surface area (Å²) in [5.74, 6) is 0.605. The van der Waals surface area contributed by atoms with Gasteiger partial charge in [-0.05, 0) is 6.92 Å². The molecule has 0 radical (unpaired) electrons. The molecule has 4 heteroatoms. The third-order valence-corrected chi connectivity index (χ3v) is 1.12. The van der Waals surface area contributed by atoms with Crippen LogP contribution in [0.3, 0.4) is 0 Å². The van der Waals surface area contributed by atoms with Crippen molar-refractivity contribution in [2.24, 2.45) is 5.73 Å². The van der Waals surface area contributed by atoms with E-state index in [-0.39, 0.29) is 5.56 Å². The number of nitrogens with one attached hydrogen (secondary N) is 1. The monoisotopic (exact) mass is 139 g/mol. The first-order valence-corrected chi connectivity index (χ1v) is 2.99. The summed E-state index contributed by atoms with van der Waals surface area (Å²) in [6.45, 7) is 2.03. The summed E-state index contributed by atoms with van der Waals surface area (Å²) in [6, 6.07) is 1.40. The van der Waals surface area contributed by atoms with E-state index in [0.29, 0.717) is 18.1 Å². The van der Waals surface area contributed by atoms with E-state index in [4.69, 9.17) is 5.73 Å². The summed E-state index contributed by atoms with van der Waals surface area (Å²) in [7, 11) is 0. The molecule has 0 unspecified atom stereocenters. The van der Waals surface area contributed by atoms with Crippen LogP contribution in [0.4, 0.5) is 0 Å². The number of nitrogens with zero attached hydrogens (tertiary/aromatic N) is 1. The Morgan fingerprint density at radius 1 is 1.80 bits per heavy atom. The Hall–Kier alpha value is -1.16. The van der Waals surface area contributed by atoms with Crippen LogP contribution >= 0.6 is 0 Å². The molecule has 0 aliphatic rings. The molecule has 1 heterocycles. The normalized spacial score (nSPS) is 9.80. The first-order chi connectivity index (χ1) is 4.72. The van der Waals surface area contributed by atoms with Gasteiger partial charge in [0.1, 0.15) is 5.82 Å². The molecular formula is C6H9N3O. The molecule has 10 heavy (non-hydrogen) atoms. The highest BCUT2D eigenvalue weighted by atomic mass is 16.1. The van der Waals surface area contributed by atoms with Crippen LogP contribution < -0.4 is 11.3 Å². The van der Waals surface area contributed by atoms with Crippen LogP contribution in [0.15, 0.2) is 10.9 Å². The lowest BCUT2D eigenvalue weighted by molar-refractivity contribution is 0.909. The first kappa shape index (κ1) is 6.95. The van der Waals surface area contributed by atoms with Crippen LogP contribution in [-0.4, -0.2) is 9.97 Å². The van der Waals surface area contributed by atoms with Gasteiger partial charge >= 0.3 is 0 Å². The first-order valence-electron chi connectivity index (χ1n) is 2.99. The van der Waals surface area contributed by atoms with Crippen molar-refractivity contribution in [2.45, 2.75) is 13.5 Å². The van der Waals surface area contributed by atoms with Crippen molar-refractivity contribution in [3.63, 3.8) is 0 Å². The second-order valence-electron chi connectivity index (χ2n) is 2.03. The van der Waals surface area contributed by atoms with Crippen molar-refractivity contribution < 1.29 is 0 Å². The quantitative estimate of drug-likeness (QED) is 0.552. The lowest BCUT2D eigenvalue weighted by Crippen LogP contribution is -2.12. The van der Waals surface area contributed by atoms with E-state index in [0.717, 1.165) is 0 Å². The fourth-order valence-corrected chi connectivity index (χ4v) is 0.746. The highest BCUT2D eigenvalue weighted by Gasteiger charge is 1.92. The van der Waals surface area contributed by atoms with E-state index in [1.165, 1.54) is 6.07 Å². The summed E-state index contributed by atoms with van der Waals surface area (Å²) < 4.78 is 0. The maximum atomic E-state index is 10.7. The molecule has 3 N–H and O–H groups in total. The van der Waals surface area contributed by atoms with Crippen LogP contribution in [0.25, 0.3) is 0 Å². The largest absolute Gasteiger partial charge is 0.325 e. The number of hydrogen-bond donors (Lipinski definition) is 2. The van der Waals surface area contributed by atoms with Gasteiger partial charge in [-0.2, -0.15) is 0 Å². The smallest absolute Gasteiger partial charge is 0.251 e. The summed E-state index contributed by atoms with van der Waals surface area (Å²) in [4.78, 5) is 17.2. The third kappa shape index (κ3) is 1.41. The van der Waals surface area contributed by atoms with E-state index in [1.54, 1.807) is 6.92 Å². The molecule has 54 valence electrons.